The molecule has 1 aromatic rings. The van der Waals surface area contributed by atoms with Crippen LogP contribution in [0.3, 0.4) is 0 Å². The molecule has 2 rings (SSSR count). The van der Waals surface area contributed by atoms with Gasteiger partial charge in [-0.1, -0.05) is 34.1 Å². The topological polar surface area (TPSA) is 29.1 Å². The first-order valence-corrected chi connectivity index (χ1v) is 4.24. The average Bonchev–Trinajstić information content (AvgIpc) is 2.30. The van der Waals surface area contributed by atoms with Crippen molar-refractivity contribution in [3.05, 3.63) is 35.4 Å². The molecule has 0 aliphatic carbocycles. The maximum absolute atomic E-state index is 11.1. The van der Waals surface area contributed by atoms with Gasteiger partial charge < -0.3 is 5.32 Å². The van der Waals surface area contributed by atoms with E-state index >= 15 is 0 Å². The lowest BCUT2D eigenvalue weighted by Gasteiger charge is -1.98. The molecule has 0 saturated heterocycles. The van der Waals surface area contributed by atoms with Crippen LogP contribution in [0.4, 0.5) is 0 Å². The van der Waals surface area contributed by atoms with Gasteiger partial charge in [0.25, 0.3) is 5.91 Å². The largest absolute Gasteiger partial charge is 0.336 e. The molecule has 2 nitrogen and oxygen atoms in total. The molecular weight excluding hydrogens is 206 g/mol. The molecule has 0 saturated carbocycles. The molecule has 0 aromatic heterocycles. The van der Waals surface area contributed by atoms with Gasteiger partial charge in [0.05, 0.1) is 0 Å². The molecule has 0 spiro atoms. The fourth-order valence-electron chi connectivity index (χ4n) is 1.20. The number of rotatable bonds is 0. The monoisotopic (exact) mass is 211 g/mol. The normalized spacial score (nSPS) is 21.2. The highest BCUT2D eigenvalue weighted by molar-refractivity contribution is 9.09. The third kappa shape index (κ3) is 0.959. The smallest absolute Gasteiger partial charge is 0.252 e. The lowest BCUT2D eigenvalue weighted by Crippen LogP contribution is -2.14. The van der Waals surface area contributed by atoms with Crippen molar-refractivity contribution in [2.75, 3.05) is 0 Å². The van der Waals surface area contributed by atoms with Crippen molar-refractivity contribution in [2.45, 2.75) is 4.95 Å². The van der Waals surface area contributed by atoms with Crippen LogP contribution in [0.25, 0.3) is 0 Å². The molecule has 1 aliphatic heterocycles. The van der Waals surface area contributed by atoms with E-state index in [1.165, 1.54) is 0 Å². The summed E-state index contributed by atoms with van der Waals surface area (Å²) in [6, 6.07) is 7.55. The molecule has 1 unspecified atom stereocenters. The summed E-state index contributed by atoms with van der Waals surface area (Å²) in [6.45, 7) is 0. The van der Waals surface area contributed by atoms with Gasteiger partial charge in [0.15, 0.2) is 0 Å². The minimum Gasteiger partial charge on any atom is -0.336 e. The molecule has 1 heterocycles. The molecule has 56 valence electrons. The van der Waals surface area contributed by atoms with Crippen molar-refractivity contribution in [3.63, 3.8) is 0 Å². The summed E-state index contributed by atoms with van der Waals surface area (Å²) in [5.74, 6) is 0.00229. The molecule has 0 bridgehead atoms. The van der Waals surface area contributed by atoms with E-state index in [0.717, 1.165) is 11.1 Å². The second-order valence-electron chi connectivity index (χ2n) is 2.42. The second kappa shape index (κ2) is 2.34. The Morgan fingerprint density at radius 3 is 2.82 bits per heavy atom. The zero-order valence-electron chi connectivity index (χ0n) is 5.67. The van der Waals surface area contributed by atoms with Gasteiger partial charge >= 0.3 is 0 Å². The third-order valence-corrected chi connectivity index (χ3v) is 2.46. The van der Waals surface area contributed by atoms with Crippen LogP contribution in [-0.4, -0.2) is 5.91 Å². The molecule has 11 heavy (non-hydrogen) atoms. The summed E-state index contributed by atoms with van der Waals surface area (Å²) in [5, 5.41) is 2.76. The fraction of sp³-hybridized carbons (Fsp3) is 0.125. The second-order valence-corrected chi connectivity index (χ2v) is 3.34. The molecule has 3 heteroatoms. The standard InChI is InChI=1S/C8H6BrNO/c9-7-5-3-1-2-4-6(5)8(11)10-7/h1-4,7H,(H,10,11). The molecule has 0 radical (unpaired) electrons. The van der Waals surface area contributed by atoms with E-state index in [-0.39, 0.29) is 10.9 Å². The number of nitrogens with one attached hydrogen (secondary N) is 1. The van der Waals surface area contributed by atoms with Crippen LogP contribution in [0, 0.1) is 0 Å². The van der Waals surface area contributed by atoms with E-state index in [2.05, 4.69) is 21.2 Å². The van der Waals surface area contributed by atoms with Crippen molar-refractivity contribution in [3.8, 4) is 0 Å². The molecule has 1 atom stereocenters. The number of carbonyl (C=O) groups excluding carboxylic acids is 1. The molecular formula is C8H6BrNO. The first-order chi connectivity index (χ1) is 5.29. The molecule has 0 fully saturated rings. The Labute approximate surface area is 72.7 Å². The summed E-state index contributed by atoms with van der Waals surface area (Å²) in [4.78, 5) is 11.1. The maximum Gasteiger partial charge on any atom is 0.252 e. The van der Waals surface area contributed by atoms with Gasteiger partial charge in [-0.15, -0.1) is 0 Å². The van der Waals surface area contributed by atoms with Gasteiger partial charge in [-0.3, -0.25) is 4.79 Å². The third-order valence-electron chi connectivity index (χ3n) is 1.74. The number of fused-ring (bicyclic) bond motifs is 1. The molecule has 1 amide bonds. The Bertz CT molecular complexity index is 311. The Balaban J connectivity index is 2.60. The number of hydrogen-bond donors (Lipinski definition) is 1. The zero-order valence-corrected chi connectivity index (χ0v) is 7.26. The van der Waals surface area contributed by atoms with E-state index in [9.17, 15) is 4.79 Å². The van der Waals surface area contributed by atoms with Crippen LogP contribution in [0.1, 0.15) is 20.9 Å². The zero-order chi connectivity index (χ0) is 7.84. The summed E-state index contributed by atoms with van der Waals surface area (Å²) in [7, 11) is 0. The Hall–Kier alpha value is -0.830. The maximum atomic E-state index is 11.1. The minimum absolute atomic E-state index is 0.00229. The van der Waals surface area contributed by atoms with Crippen molar-refractivity contribution in [2.24, 2.45) is 0 Å². The van der Waals surface area contributed by atoms with Crippen molar-refractivity contribution in [1.29, 1.82) is 0 Å². The van der Waals surface area contributed by atoms with Gasteiger partial charge in [0.1, 0.15) is 4.95 Å². The van der Waals surface area contributed by atoms with Gasteiger partial charge in [-0.25, -0.2) is 0 Å². The molecule has 1 aliphatic rings. The van der Waals surface area contributed by atoms with Gasteiger partial charge in [-0.2, -0.15) is 0 Å². The van der Waals surface area contributed by atoms with Crippen LogP contribution in [0.5, 0.6) is 0 Å². The average molecular weight is 212 g/mol. The predicted molar refractivity (Wildman–Crippen MR) is 45.6 cm³/mol. The summed E-state index contributed by atoms with van der Waals surface area (Å²) >= 11 is 3.35. The summed E-state index contributed by atoms with van der Waals surface area (Å²) < 4.78 is 0. The lowest BCUT2D eigenvalue weighted by atomic mass is 10.1. The highest BCUT2D eigenvalue weighted by Crippen LogP contribution is 2.28. The number of carbonyl (C=O) groups is 1. The lowest BCUT2D eigenvalue weighted by molar-refractivity contribution is 0.0965. The first kappa shape index (κ1) is 6.85. The Kier molecular flexibility index (Phi) is 1.46. The van der Waals surface area contributed by atoms with Crippen LogP contribution in [-0.2, 0) is 0 Å². The van der Waals surface area contributed by atoms with Gasteiger partial charge in [-0.05, 0) is 11.6 Å². The highest BCUT2D eigenvalue weighted by atomic mass is 79.9. The van der Waals surface area contributed by atoms with E-state index in [4.69, 9.17) is 0 Å². The van der Waals surface area contributed by atoms with Crippen LogP contribution in [0.2, 0.25) is 0 Å². The fourth-order valence-corrected chi connectivity index (χ4v) is 1.80. The van der Waals surface area contributed by atoms with Crippen molar-refractivity contribution < 1.29 is 4.79 Å². The van der Waals surface area contributed by atoms with Gasteiger partial charge in [0, 0.05) is 5.56 Å². The van der Waals surface area contributed by atoms with E-state index < -0.39 is 0 Å². The first-order valence-electron chi connectivity index (χ1n) is 3.33. The number of alkyl halides is 1. The van der Waals surface area contributed by atoms with Gasteiger partial charge in [0.2, 0.25) is 0 Å². The SMILES string of the molecule is O=C1NC(Br)c2ccccc21. The summed E-state index contributed by atoms with van der Waals surface area (Å²) in [6.07, 6.45) is 0. The van der Waals surface area contributed by atoms with Crippen LogP contribution >= 0.6 is 15.9 Å². The minimum atomic E-state index is -0.00815. The number of benzene rings is 1. The van der Waals surface area contributed by atoms with E-state index in [1.807, 2.05) is 24.3 Å². The summed E-state index contributed by atoms with van der Waals surface area (Å²) in [5.41, 5.74) is 1.80. The number of amides is 1. The molecule has 1 N–H and O–H groups in total. The van der Waals surface area contributed by atoms with Crippen molar-refractivity contribution >= 4 is 21.8 Å². The Morgan fingerprint density at radius 1 is 1.36 bits per heavy atom. The van der Waals surface area contributed by atoms with E-state index in [0.29, 0.717) is 0 Å². The highest BCUT2D eigenvalue weighted by Gasteiger charge is 2.24. The van der Waals surface area contributed by atoms with Crippen molar-refractivity contribution in [1.82, 2.24) is 5.32 Å². The quantitative estimate of drug-likeness (QED) is 0.515. The predicted octanol–water partition coefficient (Wildman–Crippen LogP) is 1.82. The number of halogens is 1. The van der Waals surface area contributed by atoms with Crippen LogP contribution in [0.15, 0.2) is 24.3 Å². The Morgan fingerprint density at radius 2 is 2.09 bits per heavy atom. The number of hydrogen-bond acceptors (Lipinski definition) is 1. The van der Waals surface area contributed by atoms with E-state index in [1.54, 1.807) is 0 Å². The van der Waals surface area contributed by atoms with Crippen LogP contribution < -0.4 is 5.32 Å². The molecule has 1 aromatic carbocycles.